The second-order valence-corrected chi connectivity index (χ2v) is 5.46. The van der Waals surface area contributed by atoms with Gasteiger partial charge in [-0.2, -0.15) is 0 Å². The summed E-state index contributed by atoms with van der Waals surface area (Å²) < 4.78 is 11.1. The molecule has 0 bridgehead atoms. The summed E-state index contributed by atoms with van der Waals surface area (Å²) in [6.07, 6.45) is 6.35. The molecule has 1 atom stereocenters. The number of para-hydroxylation sites is 1. The Labute approximate surface area is 146 Å². The number of fused-ring (bicyclic) bond motifs is 1. The van der Waals surface area contributed by atoms with Gasteiger partial charge in [0.15, 0.2) is 5.69 Å². The lowest BCUT2D eigenvalue weighted by Crippen LogP contribution is -2.12. The molecule has 1 aromatic heterocycles. The number of pyridine rings is 1. The Bertz CT molecular complexity index is 938. The molecule has 0 spiro atoms. The first-order chi connectivity index (χ1) is 12.2. The van der Waals surface area contributed by atoms with Crippen LogP contribution in [0.1, 0.15) is 29.1 Å². The number of carbonyl (C=O) groups excluding carboxylic acids is 1. The van der Waals surface area contributed by atoms with E-state index in [1.807, 2.05) is 48.5 Å². The zero-order chi connectivity index (χ0) is 17.6. The van der Waals surface area contributed by atoms with Gasteiger partial charge in [-0.05, 0) is 24.4 Å². The van der Waals surface area contributed by atoms with Gasteiger partial charge in [0.05, 0.1) is 0 Å². The van der Waals surface area contributed by atoms with Gasteiger partial charge in [0.1, 0.15) is 18.5 Å². The summed E-state index contributed by atoms with van der Waals surface area (Å²) in [5, 5.41) is 1.70. The minimum absolute atomic E-state index is 0.155. The van der Waals surface area contributed by atoms with Crippen molar-refractivity contribution in [2.75, 3.05) is 6.61 Å². The summed E-state index contributed by atoms with van der Waals surface area (Å²) in [4.78, 5) is 16.8. The van der Waals surface area contributed by atoms with E-state index in [0.717, 1.165) is 16.3 Å². The molecule has 0 saturated heterocycles. The van der Waals surface area contributed by atoms with Crippen molar-refractivity contribution in [2.45, 2.75) is 13.0 Å². The molecule has 1 unspecified atom stereocenters. The maximum atomic E-state index is 12.6. The lowest BCUT2D eigenvalue weighted by Gasteiger charge is -2.17. The minimum Gasteiger partial charge on any atom is -0.481 e. The van der Waals surface area contributed by atoms with Crippen molar-refractivity contribution in [3.63, 3.8) is 0 Å². The van der Waals surface area contributed by atoms with E-state index in [9.17, 15) is 4.79 Å². The highest BCUT2D eigenvalue weighted by molar-refractivity contribution is 6.02. The number of nitrogens with zero attached hydrogens (tertiary/aromatic N) is 1. The number of aromatic nitrogens is 1. The molecule has 25 heavy (non-hydrogen) atoms. The number of hydrogen-bond acceptors (Lipinski definition) is 4. The van der Waals surface area contributed by atoms with Gasteiger partial charge in [0.25, 0.3) is 0 Å². The second kappa shape index (κ2) is 7.50. The molecule has 3 aromatic rings. The van der Waals surface area contributed by atoms with E-state index < -0.39 is 12.1 Å². The maximum Gasteiger partial charge on any atom is 0.358 e. The van der Waals surface area contributed by atoms with Gasteiger partial charge < -0.3 is 9.47 Å². The van der Waals surface area contributed by atoms with Gasteiger partial charge in [-0.25, -0.2) is 9.78 Å². The smallest absolute Gasteiger partial charge is 0.358 e. The first kappa shape index (κ1) is 16.5. The topological polar surface area (TPSA) is 48.4 Å². The first-order valence-corrected chi connectivity index (χ1v) is 7.90. The highest BCUT2D eigenvalue weighted by Crippen LogP contribution is 2.28. The fraction of sp³-hybridized carbons (Fsp3) is 0.143. The molecule has 0 amide bonds. The third-order valence-electron chi connectivity index (χ3n) is 3.82. The summed E-state index contributed by atoms with van der Waals surface area (Å²) in [5.74, 6) is 2.56. The van der Waals surface area contributed by atoms with E-state index in [0.29, 0.717) is 11.4 Å². The third-order valence-corrected chi connectivity index (χ3v) is 3.82. The Balaban J connectivity index is 1.85. The van der Waals surface area contributed by atoms with Crippen molar-refractivity contribution >= 4 is 16.7 Å². The number of hydrogen-bond donors (Lipinski definition) is 0. The van der Waals surface area contributed by atoms with E-state index in [4.69, 9.17) is 15.9 Å². The van der Waals surface area contributed by atoms with Gasteiger partial charge in [-0.15, -0.1) is 6.42 Å². The highest BCUT2D eigenvalue weighted by Gasteiger charge is 2.19. The fourth-order valence-electron chi connectivity index (χ4n) is 2.63. The van der Waals surface area contributed by atoms with Crippen LogP contribution in [0.2, 0.25) is 0 Å². The van der Waals surface area contributed by atoms with E-state index in [1.165, 1.54) is 0 Å². The summed E-state index contributed by atoms with van der Waals surface area (Å²) in [6, 6.07) is 16.8. The molecule has 4 nitrogen and oxygen atoms in total. The molecule has 3 rings (SSSR count). The van der Waals surface area contributed by atoms with Crippen LogP contribution in [0, 0.1) is 12.3 Å². The van der Waals surface area contributed by atoms with Gasteiger partial charge in [0, 0.05) is 17.1 Å². The molecule has 4 heteroatoms. The summed E-state index contributed by atoms with van der Waals surface area (Å²) in [7, 11) is 0. The van der Waals surface area contributed by atoms with Gasteiger partial charge in [-0.1, -0.05) is 48.4 Å². The van der Waals surface area contributed by atoms with Crippen molar-refractivity contribution in [2.24, 2.45) is 0 Å². The van der Waals surface area contributed by atoms with Gasteiger partial charge in [-0.3, -0.25) is 0 Å². The van der Waals surface area contributed by atoms with Gasteiger partial charge >= 0.3 is 5.97 Å². The molecule has 0 aliphatic heterocycles. The second-order valence-electron chi connectivity index (χ2n) is 5.46. The first-order valence-electron chi connectivity index (χ1n) is 7.90. The largest absolute Gasteiger partial charge is 0.481 e. The molecule has 2 aromatic carbocycles. The number of benzene rings is 2. The molecule has 1 heterocycles. The van der Waals surface area contributed by atoms with Crippen LogP contribution >= 0.6 is 0 Å². The number of ether oxygens (including phenoxy) is 2. The Kier molecular flexibility index (Phi) is 4.96. The molecule has 0 aliphatic carbocycles. The Morgan fingerprint density at radius 1 is 1.16 bits per heavy atom. The third kappa shape index (κ3) is 3.61. The van der Waals surface area contributed by atoms with Crippen molar-refractivity contribution in [1.29, 1.82) is 0 Å². The van der Waals surface area contributed by atoms with Crippen LogP contribution in [0.15, 0.2) is 60.8 Å². The minimum atomic E-state index is -0.498. The number of terminal acetylenes is 1. The zero-order valence-corrected chi connectivity index (χ0v) is 13.8. The molecule has 124 valence electrons. The van der Waals surface area contributed by atoms with E-state index in [2.05, 4.69) is 10.9 Å². The van der Waals surface area contributed by atoms with Crippen molar-refractivity contribution in [3.05, 3.63) is 72.1 Å². The Morgan fingerprint density at radius 3 is 2.76 bits per heavy atom. The molecule has 0 fully saturated rings. The van der Waals surface area contributed by atoms with Crippen molar-refractivity contribution in [1.82, 2.24) is 4.98 Å². The zero-order valence-electron chi connectivity index (χ0n) is 13.8. The molecule has 0 radical (unpaired) electrons. The number of carbonyl (C=O) groups is 1. The summed E-state index contributed by atoms with van der Waals surface area (Å²) >= 11 is 0. The SMILES string of the molecule is C#CCOc1ccccc1C(C)OC(=O)c1nccc2ccccc12. The Morgan fingerprint density at radius 2 is 1.92 bits per heavy atom. The average molecular weight is 331 g/mol. The maximum absolute atomic E-state index is 12.6. The van der Waals surface area contributed by atoms with Crippen LogP contribution in [-0.4, -0.2) is 17.6 Å². The predicted molar refractivity (Wildman–Crippen MR) is 96.3 cm³/mol. The fourth-order valence-corrected chi connectivity index (χ4v) is 2.63. The van der Waals surface area contributed by atoms with E-state index in [-0.39, 0.29) is 6.61 Å². The lowest BCUT2D eigenvalue weighted by atomic mass is 10.1. The molecular formula is C21H17NO3. The van der Waals surface area contributed by atoms with E-state index in [1.54, 1.807) is 19.2 Å². The molecule has 0 aliphatic rings. The Hall–Kier alpha value is -3.32. The summed E-state index contributed by atoms with van der Waals surface area (Å²) in [5.41, 5.74) is 1.05. The van der Waals surface area contributed by atoms with Crippen LogP contribution in [0.4, 0.5) is 0 Å². The van der Waals surface area contributed by atoms with Crippen LogP contribution in [0.5, 0.6) is 5.75 Å². The molecule has 0 saturated carbocycles. The van der Waals surface area contributed by atoms with Crippen LogP contribution in [0.3, 0.4) is 0 Å². The molecule has 0 N–H and O–H groups in total. The quantitative estimate of drug-likeness (QED) is 0.520. The van der Waals surface area contributed by atoms with Crippen molar-refractivity contribution < 1.29 is 14.3 Å². The number of esters is 1. The number of rotatable bonds is 5. The highest BCUT2D eigenvalue weighted by atomic mass is 16.5. The van der Waals surface area contributed by atoms with Crippen LogP contribution in [-0.2, 0) is 4.74 Å². The lowest BCUT2D eigenvalue weighted by molar-refractivity contribution is 0.0328. The normalized spacial score (nSPS) is 11.5. The average Bonchev–Trinajstić information content (AvgIpc) is 2.66. The van der Waals surface area contributed by atoms with Crippen molar-refractivity contribution in [3.8, 4) is 18.1 Å². The standard InChI is InChI=1S/C21H17NO3/c1-3-14-24-19-11-7-6-9-17(19)15(2)25-21(23)20-18-10-5-4-8-16(18)12-13-22-20/h1,4-13,15H,14H2,2H3. The monoisotopic (exact) mass is 331 g/mol. The van der Waals surface area contributed by atoms with E-state index >= 15 is 0 Å². The van der Waals surface area contributed by atoms with Crippen LogP contribution < -0.4 is 4.74 Å². The van der Waals surface area contributed by atoms with Crippen LogP contribution in [0.25, 0.3) is 10.8 Å². The van der Waals surface area contributed by atoms with Gasteiger partial charge in [0.2, 0.25) is 0 Å². The predicted octanol–water partition coefficient (Wildman–Crippen LogP) is 4.16. The summed E-state index contributed by atoms with van der Waals surface area (Å²) in [6.45, 7) is 1.95. The molecular weight excluding hydrogens is 314 g/mol.